The van der Waals surface area contributed by atoms with Gasteiger partial charge in [-0.25, -0.2) is 8.42 Å². The molecule has 0 heterocycles. The van der Waals surface area contributed by atoms with Gasteiger partial charge < -0.3 is 10.6 Å². The molecule has 0 bridgehead atoms. The molecular formula is C17H19ClN2O2S2. The van der Waals surface area contributed by atoms with Crippen molar-refractivity contribution in [3.8, 4) is 0 Å². The summed E-state index contributed by atoms with van der Waals surface area (Å²) in [6.45, 7) is 3.89. The van der Waals surface area contributed by atoms with Crippen LogP contribution in [0.4, 0.5) is 5.69 Å². The van der Waals surface area contributed by atoms with Gasteiger partial charge in [-0.2, -0.15) is 0 Å². The quantitative estimate of drug-likeness (QED) is 0.779. The van der Waals surface area contributed by atoms with E-state index in [9.17, 15) is 8.42 Å². The van der Waals surface area contributed by atoms with E-state index < -0.39 is 9.84 Å². The number of thiocarbonyl (C=S) groups is 1. The highest BCUT2D eigenvalue weighted by atomic mass is 35.5. The second-order valence-electron chi connectivity index (χ2n) is 5.63. The molecule has 128 valence electrons. The van der Waals surface area contributed by atoms with Crippen LogP contribution in [-0.4, -0.2) is 19.8 Å². The van der Waals surface area contributed by atoms with Crippen molar-refractivity contribution in [3.05, 3.63) is 58.6 Å². The lowest BCUT2D eigenvalue weighted by molar-refractivity contribution is 0.601. The minimum atomic E-state index is -3.19. The molecule has 0 fully saturated rings. The molecule has 0 aliphatic rings. The lowest BCUT2D eigenvalue weighted by atomic mass is 10.1. The maximum Gasteiger partial charge on any atom is 0.175 e. The summed E-state index contributed by atoms with van der Waals surface area (Å²) in [4.78, 5) is 0.299. The summed E-state index contributed by atoms with van der Waals surface area (Å²) < 4.78 is 23.0. The molecule has 0 aromatic heterocycles. The molecular weight excluding hydrogens is 364 g/mol. The Morgan fingerprint density at radius 3 is 2.33 bits per heavy atom. The zero-order valence-corrected chi connectivity index (χ0v) is 16.0. The van der Waals surface area contributed by atoms with Crippen LogP contribution in [-0.2, 0) is 9.84 Å². The summed E-state index contributed by atoms with van der Waals surface area (Å²) in [6, 6.07) is 12.3. The van der Waals surface area contributed by atoms with E-state index >= 15 is 0 Å². The first-order chi connectivity index (χ1) is 11.2. The molecule has 0 spiro atoms. The zero-order valence-electron chi connectivity index (χ0n) is 13.6. The summed E-state index contributed by atoms with van der Waals surface area (Å²) >= 11 is 11.4. The Hall–Kier alpha value is -1.63. The van der Waals surface area contributed by atoms with Crippen LogP contribution in [0.25, 0.3) is 0 Å². The first-order valence-corrected chi connectivity index (χ1v) is 9.98. The molecule has 2 aromatic rings. The van der Waals surface area contributed by atoms with Crippen molar-refractivity contribution in [1.82, 2.24) is 5.32 Å². The maximum absolute atomic E-state index is 11.5. The average Bonchev–Trinajstić information content (AvgIpc) is 2.50. The normalized spacial score (nSPS) is 12.5. The summed E-state index contributed by atoms with van der Waals surface area (Å²) in [5.74, 6) is 0. The molecule has 0 saturated carbocycles. The Balaban J connectivity index is 2.01. The first kappa shape index (κ1) is 18.7. The van der Waals surface area contributed by atoms with Gasteiger partial charge in [-0.15, -0.1) is 0 Å². The van der Waals surface area contributed by atoms with E-state index in [1.807, 2.05) is 32.0 Å². The van der Waals surface area contributed by atoms with Gasteiger partial charge in [0.1, 0.15) is 0 Å². The fourth-order valence-corrected chi connectivity index (χ4v) is 3.23. The Morgan fingerprint density at radius 2 is 1.79 bits per heavy atom. The third-order valence-corrected chi connectivity index (χ3v) is 5.34. The van der Waals surface area contributed by atoms with Crippen LogP contribution in [0.5, 0.6) is 0 Å². The number of hydrogen-bond acceptors (Lipinski definition) is 3. The van der Waals surface area contributed by atoms with E-state index in [4.69, 9.17) is 23.8 Å². The van der Waals surface area contributed by atoms with Gasteiger partial charge in [0.15, 0.2) is 14.9 Å². The largest absolute Gasteiger partial charge is 0.356 e. The number of rotatable bonds is 4. The van der Waals surface area contributed by atoms with Crippen molar-refractivity contribution in [2.24, 2.45) is 0 Å². The molecule has 2 aromatic carbocycles. The first-order valence-electron chi connectivity index (χ1n) is 7.30. The Kier molecular flexibility index (Phi) is 5.85. The SMILES string of the molecule is Cc1ccc(NC(=S)N[C@H](C)c2ccc(S(C)(=O)=O)cc2)cc1Cl. The predicted octanol–water partition coefficient (Wildman–Crippen LogP) is 4.10. The fourth-order valence-electron chi connectivity index (χ4n) is 2.12. The molecule has 2 N–H and O–H groups in total. The molecule has 0 unspecified atom stereocenters. The standard InChI is InChI=1S/C17H19ClN2O2S2/c1-11-4-7-14(10-16(11)18)20-17(23)19-12(2)13-5-8-15(9-6-13)24(3,21)22/h4-10,12H,1-3H3,(H2,19,20,23)/t12-/m1/s1. The average molecular weight is 383 g/mol. The minimum absolute atomic E-state index is 0.0699. The fraction of sp³-hybridized carbons (Fsp3) is 0.235. The van der Waals surface area contributed by atoms with Crippen LogP contribution >= 0.6 is 23.8 Å². The van der Waals surface area contributed by atoms with Crippen molar-refractivity contribution in [2.75, 3.05) is 11.6 Å². The molecule has 0 aliphatic carbocycles. The zero-order chi connectivity index (χ0) is 17.9. The molecule has 0 radical (unpaired) electrons. The number of anilines is 1. The molecule has 0 aliphatic heterocycles. The summed E-state index contributed by atoms with van der Waals surface area (Å²) in [6.07, 6.45) is 1.19. The van der Waals surface area contributed by atoms with Crippen LogP contribution in [0.3, 0.4) is 0 Å². The van der Waals surface area contributed by atoms with E-state index in [0.717, 1.165) is 16.8 Å². The Bertz CT molecular complexity index is 849. The number of aryl methyl sites for hydroxylation is 1. The second kappa shape index (κ2) is 7.51. The van der Waals surface area contributed by atoms with E-state index in [1.165, 1.54) is 6.26 Å². The topological polar surface area (TPSA) is 58.2 Å². The number of nitrogens with one attached hydrogen (secondary N) is 2. The predicted molar refractivity (Wildman–Crippen MR) is 104 cm³/mol. The van der Waals surface area contributed by atoms with Crippen molar-refractivity contribution >= 4 is 44.5 Å². The summed E-state index contributed by atoms with van der Waals surface area (Å²) in [5, 5.41) is 7.39. The monoisotopic (exact) mass is 382 g/mol. The lowest BCUT2D eigenvalue weighted by Crippen LogP contribution is -2.30. The van der Waals surface area contributed by atoms with E-state index in [1.54, 1.807) is 24.3 Å². The Morgan fingerprint density at radius 1 is 1.17 bits per heavy atom. The van der Waals surface area contributed by atoms with Gasteiger partial charge in [0.25, 0.3) is 0 Å². The van der Waals surface area contributed by atoms with E-state index in [2.05, 4.69) is 10.6 Å². The van der Waals surface area contributed by atoms with Gasteiger partial charge in [0, 0.05) is 17.0 Å². The highest BCUT2D eigenvalue weighted by Crippen LogP contribution is 2.20. The number of benzene rings is 2. The molecule has 0 saturated heterocycles. The van der Waals surface area contributed by atoms with Crippen molar-refractivity contribution in [1.29, 1.82) is 0 Å². The van der Waals surface area contributed by atoms with E-state index in [0.29, 0.717) is 15.0 Å². The molecule has 7 heteroatoms. The summed E-state index contributed by atoms with van der Waals surface area (Å²) in [5.41, 5.74) is 2.75. The third-order valence-electron chi connectivity index (χ3n) is 3.59. The van der Waals surface area contributed by atoms with Crippen molar-refractivity contribution in [3.63, 3.8) is 0 Å². The summed E-state index contributed by atoms with van der Waals surface area (Å²) in [7, 11) is -3.19. The van der Waals surface area contributed by atoms with Crippen LogP contribution in [0.15, 0.2) is 47.4 Å². The van der Waals surface area contributed by atoms with Gasteiger partial charge in [0.05, 0.1) is 10.9 Å². The van der Waals surface area contributed by atoms with Crippen LogP contribution in [0, 0.1) is 6.92 Å². The van der Waals surface area contributed by atoms with Crippen LogP contribution in [0.2, 0.25) is 5.02 Å². The molecule has 24 heavy (non-hydrogen) atoms. The minimum Gasteiger partial charge on any atom is -0.356 e. The number of sulfone groups is 1. The van der Waals surface area contributed by atoms with Crippen LogP contribution < -0.4 is 10.6 Å². The maximum atomic E-state index is 11.5. The highest BCUT2D eigenvalue weighted by molar-refractivity contribution is 7.90. The molecule has 1 atom stereocenters. The van der Waals surface area contributed by atoms with Gasteiger partial charge in [0.2, 0.25) is 0 Å². The molecule has 0 amide bonds. The van der Waals surface area contributed by atoms with E-state index in [-0.39, 0.29) is 6.04 Å². The Labute approximate surface area is 153 Å². The molecule has 4 nitrogen and oxygen atoms in total. The number of hydrogen-bond donors (Lipinski definition) is 2. The number of halogens is 1. The smallest absolute Gasteiger partial charge is 0.175 e. The van der Waals surface area contributed by atoms with Gasteiger partial charge >= 0.3 is 0 Å². The van der Waals surface area contributed by atoms with Crippen LogP contribution in [0.1, 0.15) is 24.1 Å². The second-order valence-corrected chi connectivity index (χ2v) is 8.46. The lowest BCUT2D eigenvalue weighted by Gasteiger charge is -2.18. The van der Waals surface area contributed by atoms with Gasteiger partial charge in [-0.1, -0.05) is 29.8 Å². The third kappa shape index (κ3) is 4.93. The van der Waals surface area contributed by atoms with Crippen molar-refractivity contribution < 1.29 is 8.42 Å². The van der Waals surface area contributed by atoms with Gasteiger partial charge in [-0.3, -0.25) is 0 Å². The van der Waals surface area contributed by atoms with Crippen molar-refractivity contribution in [2.45, 2.75) is 24.8 Å². The van der Waals surface area contributed by atoms with Gasteiger partial charge in [-0.05, 0) is 61.5 Å². The highest BCUT2D eigenvalue weighted by Gasteiger charge is 2.10. The molecule has 2 rings (SSSR count).